The zero-order valence-electron chi connectivity index (χ0n) is 11.2. The van der Waals surface area contributed by atoms with Gasteiger partial charge in [-0.05, 0) is 46.8 Å². The smallest absolute Gasteiger partial charge is 0.101 e. The molecule has 0 fully saturated rings. The molecule has 2 unspecified atom stereocenters. The van der Waals surface area contributed by atoms with Crippen LogP contribution in [-0.4, -0.2) is 11.7 Å². The lowest BCUT2D eigenvalue weighted by Gasteiger charge is -2.15. The third kappa shape index (κ3) is 2.94. The molecule has 0 bridgehead atoms. The molecule has 1 aromatic carbocycles. The van der Waals surface area contributed by atoms with Crippen molar-refractivity contribution in [1.29, 1.82) is 0 Å². The highest BCUT2D eigenvalue weighted by atomic mass is 32.1. The molecule has 0 aliphatic carbocycles. The fourth-order valence-electron chi connectivity index (χ4n) is 2.19. The van der Waals surface area contributed by atoms with Gasteiger partial charge in [-0.2, -0.15) is 11.3 Å². The summed E-state index contributed by atoms with van der Waals surface area (Å²) in [6.45, 7) is 2.70. The summed E-state index contributed by atoms with van der Waals surface area (Å²) in [5.74, 6) is 0. The molecule has 2 heterocycles. The Morgan fingerprint density at radius 3 is 2.85 bits per heavy atom. The molecule has 0 saturated carbocycles. The van der Waals surface area contributed by atoms with Crippen LogP contribution in [0.4, 0.5) is 0 Å². The van der Waals surface area contributed by atoms with Crippen molar-refractivity contribution in [2.24, 2.45) is 0 Å². The van der Waals surface area contributed by atoms with Gasteiger partial charge in [-0.15, -0.1) is 11.3 Å². The lowest BCUT2D eigenvalue weighted by Crippen LogP contribution is -2.23. The van der Waals surface area contributed by atoms with Crippen LogP contribution < -0.4 is 5.32 Å². The van der Waals surface area contributed by atoms with Gasteiger partial charge >= 0.3 is 0 Å². The van der Waals surface area contributed by atoms with Crippen molar-refractivity contribution in [3.8, 4) is 0 Å². The van der Waals surface area contributed by atoms with E-state index in [9.17, 15) is 5.11 Å². The summed E-state index contributed by atoms with van der Waals surface area (Å²) in [4.78, 5) is 1.02. The molecule has 0 saturated heterocycles. The summed E-state index contributed by atoms with van der Waals surface area (Å²) in [6, 6.07) is 12.7. The van der Waals surface area contributed by atoms with Crippen LogP contribution in [0.5, 0.6) is 0 Å². The Morgan fingerprint density at radius 2 is 2.10 bits per heavy atom. The largest absolute Gasteiger partial charge is 0.386 e. The van der Waals surface area contributed by atoms with E-state index in [1.807, 2.05) is 12.1 Å². The molecule has 0 aliphatic heterocycles. The SMILES string of the molecule is CC(NCC(O)c1cc2ccccc2s1)c1ccsc1. The first kappa shape index (κ1) is 13.8. The summed E-state index contributed by atoms with van der Waals surface area (Å²) in [5.41, 5.74) is 1.28. The van der Waals surface area contributed by atoms with Gasteiger partial charge in [-0.1, -0.05) is 18.2 Å². The Balaban J connectivity index is 1.65. The lowest BCUT2D eigenvalue weighted by molar-refractivity contribution is 0.174. The molecule has 0 radical (unpaired) electrons. The Kier molecular flexibility index (Phi) is 4.17. The number of benzene rings is 1. The highest BCUT2D eigenvalue weighted by molar-refractivity contribution is 7.19. The second-order valence-electron chi connectivity index (χ2n) is 4.89. The molecule has 3 aromatic rings. The van der Waals surface area contributed by atoms with Crippen LogP contribution in [0, 0.1) is 0 Å². The molecule has 3 rings (SSSR count). The first-order chi connectivity index (χ1) is 9.74. The first-order valence-corrected chi connectivity index (χ1v) is 8.42. The van der Waals surface area contributed by atoms with E-state index >= 15 is 0 Å². The van der Waals surface area contributed by atoms with Crippen LogP contribution in [0.1, 0.15) is 29.5 Å². The van der Waals surface area contributed by atoms with Gasteiger partial charge in [0.1, 0.15) is 6.10 Å². The zero-order valence-corrected chi connectivity index (χ0v) is 12.9. The molecule has 2 atom stereocenters. The maximum Gasteiger partial charge on any atom is 0.101 e. The van der Waals surface area contributed by atoms with Crippen molar-refractivity contribution >= 4 is 32.8 Å². The van der Waals surface area contributed by atoms with E-state index in [4.69, 9.17) is 0 Å². The number of aliphatic hydroxyl groups excluding tert-OH is 1. The van der Waals surface area contributed by atoms with Crippen LogP contribution in [0.25, 0.3) is 10.1 Å². The van der Waals surface area contributed by atoms with E-state index in [2.05, 4.69) is 47.3 Å². The number of hydrogen-bond acceptors (Lipinski definition) is 4. The van der Waals surface area contributed by atoms with Crippen LogP contribution in [0.2, 0.25) is 0 Å². The minimum Gasteiger partial charge on any atom is -0.386 e. The number of hydrogen-bond donors (Lipinski definition) is 2. The number of thiophene rings is 2. The summed E-state index contributed by atoms with van der Waals surface area (Å²) >= 11 is 3.37. The molecular weight excluding hydrogens is 286 g/mol. The van der Waals surface area contributed by atoms with Crippen LogP contribution in [0.15, 0.2) is 47.2 Å². The molecule has 20 heavy (non-hydrogen) atoms. The second-order valence-corrected chi connectivity index (χ2v) is 6.78. The molecule has 0 aliphatic rings. The molecule has 104 valence electrons. The molecule has 2 aromatic heterocycles. The summed E-state index contributed by atoms with van der Waals surface area (Å²) < 4.78 is 1.23. The summed E-state index contributed by atoms with van der Waals surface area (Å²) in [6.07, 6.45) is -0.450. The normalized spacial score (nSPS) is 14.5. The zero-order chi connectivity index (χ0) is 13.9. The van der Waals surface area contributed by atoms with Crippen molar-refractivity contribution in [2.45, 2.75) is 19.1 Å². The van der Waals surface area contributed by atoms with Gasteiger partial charge in [0.05, 0.1) is 0 Å². The van der Waals surface area contributed by atoms with Crippen LogP contribution in [-0.2, 0) is 0 Å². The van der Waals surface area contributed by atoms with Crippen LogP contribution in [0.3, 0.4) is 0 Å². The lowest BCUT2D eigenvalue weighted by atomic mass is 10.1. The predicted molar refractivity (Wildman–Crippen MR) is 87.5 cm³/mol. The average Bonchev–Trinajstić information content (AvgIpc) is 3.12. The highest BCUT2D eigenvalue weighted by Gasteiger charge is 2.13. The Labute approximate surface area is 126 Å². The molecule has 2 N–H and O–H groups in total. The van der Waals surface area contributed by atoms with Crippen molar-refractivity contribution in [2.75, 3.05) is 6.54 Å². The average molecular weight is 303 g/mol. The minimum absolute atomic E-state index is 0.269. The van der Waals surface area contributed by atoms with Crippen molar-refractivity contribution in [3.05, 3.63) is 57.6 Å². The van der Waals surface area contributed by atoms with E-state index < -0.39 is 6.10 Å². The summed E-state index contributed by atoms with van der Waals surface area (Å²) in [5, 5.41) is 19.1. The van der Waals surface area contributed by atoms with Gasteiger partial charge in [-0.3, -0.25) is 0 Å². The van der Waals surface area contributed by atoms with Crippen LogP contribution >= 0.6 is 22.7 Å². The predicted octanol–water partition coefficient (Wildman–Crippen LogP) is 4.35. The maximum absolute atomic E-state index is 10.3. The standard InChI is InChI=1S/C16H17NOS2/c1-11(13-6-7-19-10-13)17-9-14(18)16-8-12-4-2-3-5-15(12)20-16/h2-8,10-11,14,17-18H,9H2,1H3. The highest BCUT2D eigenvalue weighted by Crippen LogP contribution is 2.29. The van der Waals surface area contributed by atoms with Gasteiger partial charge in [-0.25, -0.2) is 0 Å². The van der Waals surface area contributed by atoms with Gasteiger partial charge < -0.3 is 10.4 Å². The fourth-order valence-corrected chi connectivity index (χ4v) is 4.00. The number of fused-ring (bicyclic) bond motifs is 1. The fraction of sp³-hybridized carbons (Fsp3) is 0.250. The topological polar surface area (TPSA) is 32.3 Å². The van der Waals surface area contributed by atoms with Gasteiger partial charge in [0.15, 0.2) is 0 Å². The van der Waals surface area contributed by atoms with E-state index in [1.54, 1.807) is 22.7 Å². The molecule has 2 nitrogen and oxygen atoms in total. The van der Waals surface area contributed by atoms with Crippen molar-refractivity contribution in [1.82, 2.24) is 5.32 Å². The third-order valence-electron chi connectivity index (χ3n) is 3.43. The van der Waals surface area contributed by atoms with Gasteiger partial charge in [0.2, 0.25) is 0 Å². The number of rotatable bonds is 5. The van der Waals surface area contributed by atoms with Gasteiger partial charge in [0, 0.05) is 22.2 Å². The maximum atomic E-state index is 10.3. The first-order valence-electron chi connectivity index (χ1n) is 6.66. The van der Waals surface area contributed by atoms with Crippen molar-refractivity contribution < 1.29 is 5.11 Å². The molecule has 4 heteroatoms. The molecule has 0 amide bonds. The van der Waals surface area contributed by atoms with E-state index in [1.165, 1.54) is 15.6 Å². The Bertz CT molecular complexity index is 642. The third-order valence-corrected chi connectivity index (χ3v) is 5.35. The Morgan fingerprint density at radius 1 is 1.25 bits per heavy atom. The quantitative estimate of drug-likeness (QED) is 0.734. The van der Waals surface area contributed by atoms with E-state index in [-0.39, 0.29) is 6.04 Å². The summed E-state index contributed by atoms with van der Waals surface area (Å²) in [7, 11) is 0. The monoisotopic (exact) mass is 303 g/mol. The van der Waals surface area contributed by atoms with E-state index in [0.717, 1.165) is 4.88 Å². The molecule has 0 spiro atoms. The van der Waals surface area contributed by atoms with Gasteiger partial charge in [0.25, 0.3) is 0 Å². The van der Waals surface area contributed by atoms with Crippen molar-refractivity contribution in [3.63, 3.8) is 0 Å². The molecular formula is C16H17NOS2. The van der Waals surface area contributed by atoms with E-state index in [0.29, 0.717) is 6.54 Å². The minimum atomic E-state index is -0.450. The second kappa shape index (κ2) is 6.06. The number of nitrogens with one attached hydrogen (secondary N) is 1. The Hall–Kier alpha value is -1.20. The number of aliphatic hydroxyl groups is 1.